The van der Waals surface area contributed by atoms with Crippen molar-refractivity contribution < 1.29 is 14.9 Å². The molecule has 0 saturated heterocycles. The van der Waals surface area contributed by atoms with Crippen molar-refractivity contribution in [3.8, 4) is 5.69 Å². The first-order chi connectivity index (χ1) is 15.4. The van der Waals surface area contributed by atoms with Crippen LogP contribution in [-0.4, -0.2) is 25.2 Å². The van der Waals surface area contributed by atoms with E-state index in [0.717, 1.165) is 4.57 Å². The van der Waals surface area contributed by atoms with E-state index in [4.69, 9.17) is 5.21 Å². The number of nitrogens with one attached hydrogen (secondary N) is 1. The van der Waals surface area contributed by atoms with Crippen molar-refractivity contribution in [3.05, 3.63) is 115 Å². The molecule has 4 aromatic rings. The van der Waals surface area contributed by atoms with Gasteiger partial charge in [-0.25, -0.2) is 14.8 Å². The average molecular weight is 432 g/mol. The summed E-state index contributed by atoms with van der Waals surface area (Å²) < 4.78 is 2.14. The van der Waals surface area contributed by atoms with Crippen LogP contribution in [0.1, 0.15) is 15.9 Å². The van der Waals surface area contributed by atoms with Gasteiger partial charge in [0.2, 0.25) is 0 Å². The zero-order valence-electron chi connectivity index (χ0n) is 16.5. The average Bonchev–Trinajstić information content (AvgIpc) is 2.82. The van der Waals surface area contributed by atoms with Crippen molar-refractivity contribution in [3.63, 3.8) is 0 Å². The minimum absolute atomic E-state index is 0.0429. The number of nitro groups is 1. The van der Waals surface area contributed by atoms with Gasteiger partial charge in [-0.15, -0.1) is 0 Å². The highest BCUT2D eigenvalue weighted by Crippen LogP contribution is 2.21. The summed E-state index contributed by atoms with van der Waals surface area (Å²) in [6.07, 6.45) is 0. The van der Waals surface area contributed by atoms with Gasteiger partial charge in [0, 0.05) is 11.6 Å². The van der Waals surface area contributed by atoms with E-state index in [1.54, 1.807) is 41.9 Å². The fourth-order valence-corrected chi connectivity index (χ4v) is 3.50. The molecule has 160 valence electrons. The summed E-state index contributed by atoms with van der Waals surface area (Å²) >= 11 is 0. The topological polar surface area (TPSA) is 136 Å². The Labute approximate surface area is 179 Å². The lowest BCUT2D eigenvalue weighted by Crippen LogP contribution is -2.39. The first kappa shape index (κ1) is 20.7. The molecule has 1 heterocycles. The molecule has 10 nitrogen and oxygen atoms in total. The quantitative estimate of drug-likeness (QED) is 0.282. The Morgan fingerprint density at radius 1 is 0.969 bits per heavy atom. The number of hydrogen-bond donors (Lipinski definition) is 2. The molecule has 0 aliphatic carbocycles. The third-order valence-corrected chi connectivity index (χ3v) is 5.03. The van der Waals surface area contributed by atoms with Crippen LogP contribution in [-0.2, 0) is 6.54 Å². The summed E-state index contributed by atoms with van der Waals surface area (Å²) in [6.45, 7) is 0.0429. The highest BCUT2D eigenvalue weighted by atomic mass is 16.6. The van der Waals surface area contributed by atoms with Gasteiger partial charge in [0.15, 0.2) is 0 Å². The molecule has 2 N–H and O–H groups in total. The van der Waals surface area contributed by atoms with Crippen LogP contribution in [0.25, 0.3) is 16.6 Å². The lowest BCUT2D eigenvalue weighted by Gasteiger charge is -2.14. The highest BCUT2D eigenvalue weighted by Gasteiger charge is 2.21. The number of aromatic nitrogens is 2. The smallest absolute Gasteiger partial charge is 0.288 e. The Morgan fingerprint density at radius 2 is 1.62 bits per heavy atom. The van der Waals surface area contributed by atoms with Gasteiger partial charge in [0.05, 0.1) is 22.4 Å². The van der Waals surface area contributed by atoms with Gasteiger partial charge in [0.1, 0.15) is 5.69 Å². The third kappa shape index (κ3) is 3.55. The van der Waals surface area contributed by atoms with Crippen LogP contribution < -0.4 is 16.7 Å². The first-order valence-electron chi connectivity index (χ1n) is 9.44. The number of amides is 1. The van der Waals surface area contributed by atoms with E-state index >= 15 is 0 Å². The Balaban J connectivity index is 1.94. The standard InChI is InChI=1S/C22H16N4O6/c27-20(23-30)15-11-9-14(10-12-15)13-24-17-6-2-1-5-16(17)21(28)25(22(24)29)18-7-3-4-8-19(18)26(31)32/h1-12,30H,13H2,(H,23,27). The van der Waals surface area contributed by atoms with Crippen molar-refractivity contribution >= 4 is 22.5 Å². The molecule has 0 atom stereocenters. The predicted octanol–water partition coefficient (Wildman–Crippen LogP) is 2.23. The SMILES string of the molecule is O=C(NO)c1ccc(Cn2c(=O)n(-c3ccccc3[N+](=O)[O-])c(=O)c3ccccc32)cc1. The summed E-state index contributed by atoms with van der Waals surface area (Å²) in [4.78, 5) is 48.9. The number of carbonyl (C=O) groups is 1. The number of benzene rings is 3. The van der Waals surface area contributed by atoms with Crippen molar-refractivity contribution in [2.24, 2.45) is 0 Å². The number of fused-ring (bicyclic) bond motifs is 1. The zero-order chi connectivity index (χ0) is 22.8. The Hall–Kier alpha value is -4.57. The van der Waals surface area contributed by atoms with Crippen LogP contribution in [0.3, 0.4) is 0 Å². The van der Waals surface area contributed by atoms with E-state index in [9.17, 15) is 24.5 Å². The molecule has 0 aliphatic heterocycles. The van der Waals surface area contributed by atoms with Crippen LogP contribution >= 0.6 is 0 Å². The number of hydroxylamine groups is 1. The molecule has 10 heteroatoms. The number of para-hydroxylation sites is 3. The van der Waals surface area contributed by atoms with E-state index in [-0.39, 0.29) is 28.9 Å². The second-order valence-electron chi connectivity index (χ2n) is 6.91. The van der Waals surface area contributed by atoms with Crippen molar-refractivity contribution in [2.45, 2.75) is 6.54 Å². The normalized spacial score (nSPS) is 10.8. The van der Waals surface area contributed by atoms with Gasteiger partial charge in [-0.1, -0.05) is 36.4 Å². The molecular formula is C22H16N4O6. The van der Waals surface area contributed by atoms with E-state index in [2.05, 4.69) is 0 Å². The van der Waals surface area contributed by atoms with E-state index in [0.29, 0.717) is 11.1 Å². The van der Waals surface area contributed by atoms with Crippen LogP contribution in [0.15, 0.2) is 82.4 Å². The molecule has 0 radical (unpaired) electrons. The van der Waals surface area contributed by atoms with Gasteiger partial charge >= 0.3 is 5.69 Å². The van der Waals surface area contributed by atoms with Crippen molar-refractivity contribution in [1.29, 1.82) is 0 Å². The Morgan fingerprint density at radius 3 is 2.31 bits per heavy atom. The molecule has 0 fully saturated rings. The maximum absolute atomic E-state index is 13.4. The minimum atomic E-state index is -0.736. The monoisotopic (exact) mass is 432 g/mol. The van der Waals surface area contributed by atoms with E-state index in [1.165, 1.54) is 41.0 Å². The Kier molecular flexibility index (Phi) is 5.36. The number of rotatable bonds is 5. The largest absolute Gasteiger partial charge is 0.336 e. The Bertz CT molecular complexity index is 1470. The number of carbonyl (C=O) groups excluding carboxylic acids is 1. The van der Waals surface area contributed by atoms with Crippen LogP contribution in [0.2, 0.25) is 0 Å². The van der Waals surface area contributed by atoms with Crippen LogP contribution in [0, 0.1) is 10.1 Å². The maximum Gasteiger partial charge on any atom is 0.336 e. The number of nitro benzene ring substituents is 1. The van der Waals surface area contributed by atoms with E-state index in [1.807, 2.05) is 0 Å². The summed E-state index contributed by atoms with van der Waals surface area (Å²) in [5.41, 5.74) is 0.884. The van der Waals surface area contributed by atoms with Crippen LogP contribution in [0.5, 0.6) is 0 Å². The minimum Gasteiger partial charge on any atom is -0.288 e. The maximum atomic E-state index is 13.4. The molecule has 1 amide bonds. The molecule has 3 aromatic carbocycles. The highest BCUT2D eigenvalue weighted by molar-refractivity contribution is 5.93. The van der Waals surface area contributed by atoms with Gasteiger partial charge in [-0.2, -0.15) is 0 Å². The van der Waals surface area contributed by atoms with Crippen LogP contribution in [0.4, 0.5) is 5.69 Å². The zero-order valence-corrected chi connectivity index (χ0v) is 16.5. The predicted molar refractivity (Wildman–Crippen MR) is 115 cm³/mol. The number of nitrogens with zero attached hydrogens (tertiary/aromatic N) is 3. The molecule has 4 rings (SSSR count). The van der Waals surface area contributed by atoms with Crippen molar-refractivity contribution in [2.75, 3.05) is 0 Å². The van der Waals surface area contributed by atoms with Gasteiger partial charge in [-0.3, -0.25) is 29.5 Å². The second kappa shape index (κ2) is 8.28. The molecule has 0 bridgehead atoms. The molecule has 0 unspecified atom stereocenters. The fraction of sp³-hybridized carbons (Fsp3) is 0.0455. The van der Waals surface area contributed by atoms with Gasteiger partial charge in [0.25, 0.3) is 17.2 Å². The molecule has 0 saturated carbocycles. The third-order valence-electron chi connectivity index (χ3n) is 5.03. The summed E-state index contributed by atoms with van der Waals surface area (Å²) in [6, 6.07) is 18.2. The summed E-state index contributed by atoms with van der Waals surface area (Å²) in [7, 11) is 0. The molecular weight excluding hydrogens is 416 g/mol. The molecule has 32 heavy (non-hydrogen) atoms. The van der Waals surface area contributed by atoms with E-state index < -0.39 is 22.1 Å². The molecule has 1 aromatic heterocycles. The van der Waals surface area contributed by atoms with Gasteiger partial charge in [-0.05, 0) is 35.9 Å². The lowest BCUT2D eigenvalue weighted by atomic mass is 10.1. The summed E-state index contributed by atoms with van der Waals surface area (Å²) in [5.74, 6) is -0.677. The molecule has 0 aliphatic rings. The van der Waals surface area contributed by atoms with Gasteiger partial charge < -0.3 is 0 Å². The van der Waals surface area contributed by atoms with Crippen molar-refractivity contribution in [1.82, 2.24) is 14.6 Å². The first-order valence-corrected chi connectivity index (χ1v) is 9.44. The summed E-state index contributed by atoms with van der Waals surface area (Å²) in [5, 5.41) is 20.5. The number of hydrogen-bond acceptors (Lipinski definition) is 6. The molecule has 0 spiro atoms. The fourth-order valence-electron chi connectivity index (χ4n) is 3.50. The lowest BCUT2D eigenvalue weighted by molar-refractivity contribution is -0.384. The second-order valence-corrected chi connectivity index (χ2v) is 6.91.